The summed E-state index contributed by atoms with van der Waals surface area (Å²) in [5.74, 6) is 1.22. The van der Waals surface area contributed by atoms with Crippen LogP contribution < -0.4 is 10.1 Å². The van der Waals surface area contributed by atoms with E-state index < -0.39 is 6.10 Å². The lowest BCUT2D eigenvalue weighted by Gasteiger charge is -2.23. The smallest absolute Gasteiger partial charge is 0.119 e. The first-order valence-corrected chi connectivity index (χ1v) is 7.80. The van der Waals surface area contributed by atoms with E-state index in [1.54, 1.807) is 0 Å². The van der Waals surface area contributed by atoms with Gasteiger partial charge in [-0.15, -0.1) is 0 Å². The van der Waals surface area contributed by atoms with E-state index in [-0.39, 0.29) is 19.3 Å². The van der Waals surface area contributed by atoms with Gasteiger partial charge in [0.15, 0.2) is 0 Å². The van der Waals surface area contributed by atoms with Gasteiger partial charge in [-0.1, -0.05) is 32.9 Å². The van der Waals surface area contributed by atoms with E-state index in [1.807, 2.05) is 18.2 Å². The van der Waals surface area contributed by atoms with Gasteiger partial charge < -0.3 is 20.3 Å². The van der Waals surface area contributed by atoms with Crippen molar-refractivity contribution in [3.63, 3.8) is 0 Å². The molecular formula is C17H29NO3. The Bertz CT molecular complexity index is 395. The number of hydrogen-bond donors (Lipinski definition) is 3. The fourth-order valence-corrected chi connectivity index (χ4v) is 2.20. The summed E-state index contributed by atoms with van der Waals surface area (Å²) < 4.78 is 5.62. The molecule has 0 bridgehead atoms. The topological polar surface area (TPSA) is 61.7 Å². The van der Waals surface area contributed by atoms with Gasteiger partial charge in [-0.25, -0.2) is 0 Å². The van der Waals surface area contributed by atoms with Crippen molar-refractivity contribution in [1.29, 1.82) is 0 Å². The Balaban J connectivity index is 2.34. The fourth-order valence-electron chi connectivity index (χ4n) is 2.20. The van der Waals surface area contributed by atoms with E-state index in [0.29, 0.717) is 18.9 Å². The lowest BCUT2D eigenvalue weighted by atomic mass is 10.0. The van der Waals surface area contributed by atoms with Crippen LogP contribution >= 0.6 is 0 Å². The lowest BCUT2D eigenvalue weighted by molar-refractivity contribution is 0.0995. The predicted molar refractivity (Wildman–Crippen MR) is 85.7 cm³/mol. The van der Waals surface area contributed by atoms with Crippen LogP contribution in [0, 0.1) is 5.92 Å². The zero-order valence-corrected chi connectivity index (χ0v) is 13.4. The van der Waals surface area contributed by atoms with Gasteiger partial charge in [0.05, 0.1) is 0 Å². The second-order valence-electron chi connectivity index (χ2n) is 5.74. The summed E-state index contributed by atoms with van der Waals surface area (Å²) in [7, 11) is 0. The lowest BCUT2D eigenvalue weighted by Crippen LogP contribution is -2.41. The number of benzene rings is 1. The number of aliphatic hydroxyl groups is 2. The summed E-state index contributed by atoms with van der Waals surface area (Å²) in [5.41, 5.74) is 1.22. The van der Waals surface area contributed by atoms with Crippen LogP contribution in [0.5, 0.6) is 5.75 Å². The van der Waals surface area contributed by atoms with E-state index in [4.69, 9.17) is 9.84 Å². The summed E-state index contributed by atoms with van der Waals surface area (Å²) in [6, 6.07) is 8.15. The van der Waals surface area contributed by atoms with Crippen molar-refractivity contribution < 1.29 is 14.9 Å². The maximum absolute atomic E-state index is 9.99. The van der Waals surface area contributed by atoms with E-state index in [0.717, 1.165) is 12.2 Å². The van der Waals surface area contributed by atoms with Gasteiger partial charge in [0.1, 0.15) is 18.5 Å². The summed E-state index contributed by atoms with van der Waals surface area (Å²) in [5, 5.41) is 22.3. The molecule has 0 saturated carbocycles. The van der Waals surface area contributed by atoms with Gasteiger partial charge in [0.2, 0.25) is 0 Å². The van der Waals surface area contributed by atoms with Crippen molar-refractivity contribution >= 4 is 0 Å². The van der Waals surface area contributed by atoms with Crippen molar-refractivity contribution in [1.82, 2.24) is 5.32 Å². The average Bonchev–Trinajstić information content (AvgIpc) is 2.49. The van der Waals surface area contributed by atoms with Crippen LogP contribution in [0.25, 0.3) is 0 Å². The molecule has 0 spiro atoms. The van der Waals surface area contributed by atoms with E-state index >= 15 is 0 Å². The zero-order chi connectivity index (χ0) is 15.7. The Morgan fingerprint density at radius 3 is 2.67 bits per heavy atom. The van der Waals surface area contributed by atoms with Gasteiger partial charge in [-0.3, -0.25) is 0 Å². The molecule has 0 aromatic heterocycles. The van der Waals surface area contributed by atoms with E-state index in [1.165, 1.54) is 5.56 Å². The standard InChI is InChI=1S/C17H29NO3/c1-4-14-6-5-7-16(10-14)21-12-15(20)11-18-17(8-9-19)13(2)3/h5-7,10,13,15,17-20H,4,8-9,11-12H2,1-3H3. The van der Waals surface area contributed by atoms with E-state index in [2.05, 4.69) is 32.2 Å². The SMILES string of the molecule is CCc1cccc(OCC(O)CNC(CCO)C(C)C)c1. The number of rotatable bonds is 10. The maximum atomic E-state index is 9.99. The van der Waals surface area contributed by atoms with Crippen LogP contribution in [-0.4, -0.2) is 42.1 Å². The molecule has 3 N–H and O–H groups in total. The Hall–Kier alpha value is -1.10. The van der Waals surface area contributed by atoms with Crippen molar-refractivity contribution in [3.05, 3.63) is 29.8 Å². The number of aryl methyl sites for hydroxylation is 1. The molecule has 1 aromatic carbocycles. The number of hydrogen-bond acceptors (Lipinski definition) is 4. The number of nitrogens with one attached hydrogen (secondary N) is 1. The highest BCUT2D eigenvalue weighted by Crippen LogP contribution is 2.14. The quantitative estimate of drug-likeness (QED) is 0.618. The Kier molecular flexibility index (Phi) is 8.35. The third-order valence-corrected chi connectivity index (χ3v) is 3.61. The first kappa shape index (κ1) is 18.0. The molecule has 0 aliphatic heterocycles. The summed E-state index contributed by atoms with van der Waals surface area (Å²) >= 11 is 0. The molecule has 0 saturated heterocycles. The van der Waals surface area contributed by atoms with Gasteiger partial charge in [-0.2, -0.15) is 0 Å². The molecule has 4 heteroatoms. The highest BCUT2D eigenvalue weighted by Gasteiger charge is 2.14. The minimum atomic E-state index is -0.560. The second-order valence-corrected chi connectivity index (χ2v) is 5.74. The van der Waals surface area contributed by atoms with Crippen molar-refractivity contribution in [2.45, 2.75) is 45.8 Å². The molecule has 1 rings (SSSR count). The number of ether oxygens (including phenoxy) is 1. The third-order valence-electron chi connectivity index (χ3n) is 3.61. The Morgan fingerprint density at radius 2 is 2.05 bits per heavy atom. The fraction of sp³-hybridized carbons (Fsp3) is 0.647. The van der Waals surface area contributed by atoms with Crippen LogP contribution in [0.15, 0.2) is 24.3 Å². The maximum Gasteiger partial charge on any atom is 0.119 e. The summed E-state index contributed by atoms with van der Waals surface area (Å²) in [6.45, 7) is 7.21. The molecule has 1 aromatic rings. The molecule has 21 heavy (non-hydrogen) atoms. The molecule has 2 atom stereocenters. The molecule has 0 aliphatic carbocycles. The molecule has 0 fully saturated rings. The van der Waals surface area contributed by atoms with Gasteiger partial charge in [-0.05, 0) is 36.5 Å². The van der Waals surface area contributed by atoms with Crippen molar-refractivity contribution in [3.8, 4) is 5.75 Å². The third kappa shape index (κ3) is 6.93. The Morgan fingerprint density at radius 1 is 1.29 bits per heavy atom. The molecule has 0 heterocycles. The molecule has 0 aliphatic rings. The monoisotopic (exact) mass is 295 g/mol. The van der Waals surface area contributed by atoms with Crippen molar-refractivity contribution in [2.75, 3.05) is 19.8 Å². The normalized spacial score (nSPS) is 14.2. The van der Waals surface area contributed by atoms with Gasteiger partial charge in [0.25, 0.3) is 0 Å². The first-order chi connectivity index (χ1) is 10.1. The minimum absolute atomic E-state index is 0.159. The van der Waals surface area contributed by atoms with Crippen LogP contribution in [0.2, 0.25) is 0 Å². The van der Waals surface area contributed by atoms with Crippen LogP contribution in [0.4, 0.5) is 0 Å². The van der Waals surface area contributed by atoms with E-state index in [9.17, 15) is 5.11 Å². The van der Waals surface area contributed by atoms with Crippen LogP contribution in [0.1, 0.15) is 32.8 Å². The van der Waals surface area contributed by atoms with Crippen molar-refractivity contribution in [2.24, 2.45) is 5.92 Å². The molecule has 0 amide bonds. The molecule has 0 radical (unpaired) electrons. The second kappa shape index (κ2) is 9.77. The average molecular weight is 295 g/mol. The van der Waals surface area contributed by atoms with Crippen LogP contribution in [0.3, 0.4) is 0 Å². The highest BCUT2D eigenvalue weighted by atomic mass is 16.5. The number of aliphatic hydroxyl groups excluding tert-OH is 2. The Labute approximate surface area is 128 Å². The predicted octanol–water partition coefficient (Wildman–Crippen LogP) is 1.99. The molecular weight excluding hydrogens is 266 g/mol. The van der Waals surface area contributed by atoms with Crippen LogP contribution in [-0.2, 0) is 6.42 Å². The van der Waals surface area contributed by atoms with Gasteiger partial charge >= 0.3 is 0 Å². The molecule has 2 unspecified atom stereocenters. The molecule has 4 nitrogen and oxygen atoms in total. The summed E-state index contributed by atoms with van der Waals surface area (Å²) in [4.78, 5) is 0. The summed E-state index contributed by atoms with van der Waals surface area (Å²) in [6.07, 6.45) is 1.11. The largest absolute Gasteiger partial charge is 0.491 e. The highest BCUT2D eigenvalue weighted by molar-refractivity contribution is 5.28. The molecule has 120 valence electrons. The first-order valence-electron chi connectivity index (χ1n) is 7.80. The minimum Gasteiger partial charge on any atom is -0.491 e. The zero-order valence-electron chi connectivity index (χ0n) is 13.4. The van der Waals surface area contributed by atoms with Gasteiger partial charge in [0, 0.05) is 19.2 Å².